The van der Waals surface area contributed by atoms with Crippen LogP contribution in [-0.4, -0.2) is 16.2 Å². The predicted molar refractivity (Wildman–Crippen MR) is 104 cm³/mol. The molecule has 8 heteroatoms. The van der Waals surface area contributed by atoms with E-state index in [0.29, 0.717) is 11.1 Å². The molecular formula is C19H20N6O2. The topological polar surface area (TPSA) is 121 Å². The third-order valence-electron chi connectivity index (χ3n) is 4.64. The van der Waals surface area contributed by atoms with Gasteiger partial charge in [0.25, 0.3) is 0 Å². The Hall–Kier alpha value is -3.39. The quantitative estimate of drug-likeness (QED) is 0.565. The van der Waals surface area contributed by atoms with E-state index >= 15 is 0 Å². The van der Waals surface area contributed by atoms with Gasteiger partial charge < -0.3 is 15.1 Å². The second-order valence-electron chi connectivity index (χ2n) is 6.68. The average molecular weight is 364 g/mol. The van der Waals surface area contributed by atoms with Gasteiger partial charge in [-0.3, -0.25) is 15.7 Å². The number of aliphatic imine (C=N–C) groups is 1. The fourth-order valence-electron chi connectivity index (χ4n) is 2.89. The molecule has 2 aromatic heterocycles. The summed E-state index contributed by atoms with van der Waals surface area (Å²) >= 11 is 0. The number of anilines is 1. The fraction of sp³-hybridized carbons (Fsp3) is 0.211. The molecule has 0 saturated heterocycles. The maximum Gasteiger partial charge on any atom is 0.417 e. The Bertz CT molecular complexity index is 1160. The van der Waals surface area contributed by atoms with E-state index in [2.05, 4.69) is 25.6 Å². The van der Waals surface area contributed by atoms with Gasteiger partial charge in [0.15, 0.2) is 5.58 Å². The standard InChI is InChI=1S/C19H20N6O2/c1-10-6-13(9-21-12(10)3)19(20)22-8-11(2)17(25-19)23-14-4-5-16-15(7-14)24-18(26)27-16/h4-9,23,25H,20H2,1-3H3,(H,24,26). The number of H-pyrrole nitrogens is 1. The van der Waals surface area contributed by atoms with Crippen molar-refractivity contribution in [3.8, 4) is 0 Å². The summed E-state index contributed by atoms with van der Waals surface area (Å²) in [4.78, 5) is 22.8. The minimum Gasteiger partial charge on any atom is -0.408 e. The lowest BCUT2D eigenvalue weighted by atomic mass is 10.1. The molecule has 138 valence electrons. The second-order valence-corrected chi connectivity index (χ2v) is 6.68. The summed E-state index contributed by atoms with van der Waals surface area (Å²) in [5.74, 6) is -0.888. The number of oxazole rings is 1. The number of pyridine rings is 1. The Kier molecular flexibility index (Phi) is 3.85. The Morgan fingerprint density at radius 2 is 2.04 bits per heavy atom. The van der Waals surface area contributed by atoms with Gasteiger partial charge >= 0.3 is 5.76 Å². The van der Waals surface area contributed by atoms with Crippen LogP contribution in [0.2, 0.25) is 0 Å². The van der Waals surface area contributed by atoms with Crippen molar-refractivity contribution in [2.24, 2.45) is 10.7 Å². The van der Waals surface area contributed by atoms with E-state index in [9.17, 15) is 4.79 Å². The van der Waals surface area contributed by atoms with Crippen LogP contribution in [0.5, 0.6) is 0 Å². The molecule has 8 nitrogen and oxygen atoms in total. The lowest BCUT2D eigenvalue weighted by molar-refractivity contribution is 0.394. The van der Waals surface area contributed by atoms with Crippen molar-refractivity contribution < 1.29 is 4.42 Å². The largest absolute Gasteiger partial charge is 0.417 e. The number of aromatic nitrogens is 2. The van der Waals surface area contributed by atoms with Crippen molar-refractivity contribution in [2.75, 3.05) is 5.32 Å². The van der Waals surface area contributed by atoms with Crippen LogP contribution in [0.1, 0.15) is 23.7 Å². The van der Waals surface area contributed by atoms with E-state index in [1.54, 1.807) is 24.5 Å². The van der Waals surface area contributed by atoms with Crippen LogP contribution in [0.25, 0.3) is 11.1 Å². The first-order valence-electron chi connectivity index (χ1n) is 8.51. The molecule has 0 aliphatic carbocycles. The van der Waals surface area contributed by atoms with Gasteiger partial charge in [0.2, 0.25) is 5.79 Å². The maximum absolute atomic E-state index is 11.3. The van der Waals surface area contributed by atoms with Gasteiger partial charge in [0.1, 0.15) is 5.82 Å². The summed E-state index contributed by atoms with van der Waals surface area (Å²) in [5.41, 5.74) is 12.1. The molecule has 0 fully saturated rings. The lowest BCUT2D eigenvalue weighted by Crippen LogP contribution is -2.51. The molecule has 0 saturated carbocycles. The number of nitrogens with one attached hydrogen (secondary N) is 3. The van der Waals surface area contributed by atoms with Crippen LogP contribution in [-0.2, 0) is 5.79 Å². The van der Waals surface area contributed by atoms with Crippen molar-refractivity contribution >= 4 is 23.0 Å². The van der Waals surface area contributed by atoms with Crippen LogP contribution in [0.15, 0.2) is 56.1 Å². The molecule has 3 heterocycles. The molecule has 1 aliphatic heterocycles. The van der Waals surface area contributed by atoms with Gasteiger partial charge in [-0.1, -0.05) is 0 Å². The molecular weight excluding hydrogens is 344 g/mol. The van der Waals surface area contributed by atoms with Gasteiger partial charge in [0.05, 0.1) is 5.52 Å². The summed E-state index contributed by atoms with van der Waals surface area (Å²) in [6, 6.07) is 7.32. The number of hydrogen-bond acceptors (Lipinski definition) is 7. The summed E-state index contributed by atoms with van der Waals surface area (Å²) in [6.07, 6.45) is 3.46. The third-order valence-corrected chi connectivity index (χ3v) is 4.64. The highest BCUT2D eigenvalue weighted by Gasteiger charge is 2.30. The Morgan fingerprint density at radius 1 is 1.22 bits per heavy atom. The molecule has 3 aromatic rings. The summed E-state index contributed by atoms with van der Waals surface area (Å²) in [5, 5.41) is 6.55. The third kappa shape index (κ3) is 3.11. The number of nitrogens with zero attached hydrogens (tertiary/aromatic N) is 2. The van der Waals surface area contributed by atoms with E-state index < -0.39 is 11.5 Å². The van der Waals surface area contributed by atoms with Crippen LogP contribution in [0.3, 0.4) is 0 Å². The van der Waals surface area contributed by atoms with Crippen molar-refractivity contribution in [1.29, 1.82) is 0 Å². The Morgan fingerprint density at radius 3 is 2.81 bits per heavy atom. The highest BCUT2D eigenvalue weighted by molar-refractivity contribution is 5.82. The van der Waals surface area contributed by atoms with Crippen molar-refractivity contribution in [2.45, 2.75) is 26.6 Å². The number of aryl methyl sites for hydroxylation is 2. The van der Waals surface area contributed by atoms with Crippen molar-refractivity contribution in [3.05, 3.63) is 69.2 Å². The van der Waals surface area contributed by atoms with E-state index in [-0.39, 0.29) is 0 Å². The molecule has 4 rings (SSSR count). The zero-order chi connectivity index (χ0) is 19.2. The monoisotopic (exact) mass is 364 g/mol. The van der Waals surface area contributed by atoms with E-state index in [1.165, 1.54) is 0 Å². The number of benzene rings is 1. The minimum absolute atomic E-state index is 0.483. The highest BCUT2D eigenvalue weighted by atomic mass is 16.4. The molecule has 27 heavy (non-hydrogen) atoms. The highest BCUT2D eigenvalue weighted by Crippen LogP contribution is 2.25. The van der Waals surface area contributed by atoms with E-state index in [4.69, 9.17) is 10.2 Å². The van der Waals surface area contributed by atoms with Crippen LogP contribution in [0.4, 0.5) is 5.69 Å². The molecule has 0 radical (unpaired) electrons. The van der Waals surface area contributed by atoms with E-state index in [0.717, 1.165) is 33.9 Å². The van der Waals surface area contributed by atoms with Crippen molar-refractivity contribution in [3.63, 3.8) is 0 Å². The van der Waals surface area contributed by atoms with Gasteiger partial charge in [-0.05, 0) is 50.6 Å². The first kappa shape index (κ1) is 17.0. The summed E-state index contributed by atoms with van der Waals surface area (Å²) in [7, 11) is 0. The molecule has 5 N–H and O–H groups in total. The summed E-state index contributed by atoms with van der Waals surface area (Å²) < 4.78 is 5.03. The molecule has 0 spiro atoms. The fourth-order valence-corrected chi connectivity index (χ4v) is 2.89. The number of aromatic amines is 1. The smallest absolute Gasteiger partial charge is 0.408 e. The van der Waals surface area contributed by atoms with Crippen LogP contribution in [0, 0.1) is 13.8 Å². The molecule has 1 atom stereocenters. The Labute approximate surface area is 155 Å². The normalized spacial score (nSPS) is 19.4. The van der Waals surface area contributed by atoms with Gasteiger partial charge in [-0.15, -0.1) is 0 Å². The number of rotatable bonds is 3. The van der Waals surface area contributed by atoms with Gasteiger partial charge in [-0.2, -0.15) is 0 Å². The number of fused-ring (bicyclic) bond motifs is 1. The summed E-state index contributed by atoms with van der Waals surface area (Å²) in [6.45, 7) is 5.87. The first-order valence-corrected chi connectivity index (χ1v) is 8.51. The molecule has 0 bridgehead atoms. The molecule has 1 aliphatic rings. The lowest BCUT2D eigenvalue weighted by Gasteiger charge is -2.33. The number of nitrogens with two attached hydrogens (primary N) is 1. The first-order chi connectivity index (χ1) is 12.8. The second kappa shape index (κ2) is 6.10. The molecule has 0 amide bonds. The van der Waals surface area contributed by atoms with Gasteiger partial charge in [-0.25, -0.2) is 9.79 Å². The predicted octanol–water partition coefficient (Wildman–Crippen LogP) is 2.22. The SMILES string of the molecule is CC1=C(Nc2ccc3oc(=O)[nH]c3c2)NC(N)(c2cnc(C)c(C)c2)N=C1. The minimum atomic E-state index is -1.12. The van der Waals surface area contributed by atoms with Crippen LogP contribution < -0.4 is 22.1 Å². The van der Waals surface area contributed by atoms with Crippen LogP contribution >= 0.6 is 0 Å². The Balaban J connectivity index is 1.64. The van der Waals surface area contributed by atoms with Gasteiger partial charge in [0, 0.05) is 34.9 Å². The molecule has 1 unspecified atom stereocenters. The van der Waals surface area contributed by atoms with Crippen molar-refractivity contribution in [1.82, 2.24) is 15.3 Å². The zero-order valence-corrected chi connectivity index (χ0v) is 15.3. The maximum atomic E-state index is 11.3. The number of hydrogen-bond donors (Lipinski definition) is 4. The molecule has 1 aromatic carbocycles. The zero-order valence-electron chi connectivity index (χ0n) is 15.3. The average Bonchev–Trinajstić information content (AvgIpc) is 3.00. The number of allylic oxidation sites excluding steroid dienone is 1. The van der Waals surface area contributed by atoms with E-state index in [1.807, 2.05) is 32.9 Å².